The van der Waals surface area contributed by atoms with Gasteiger partial charge in [-0.25, -0.2) is 0 Å². The standard InChI is InChI=1S/C29H33ClN4O5/c1-6-29(4,5)32-28(38)27(22-9-7-8-10-23(22)30)34(21-13-11-20(12-14-21)19(3)35)26(37)16-15-25(36)31-24-17-18(2)39-33-24/h7-14,17,27H,6,15-16H2,1-5H3,(H,32,38)(H,31,33,36)/t27-/m0/s1. The number of nitrogens with zero attached hydrogens (tertiary/aromatic N) is 2. The second-order valence-corrected chi connectivity index (χ2v) is 10.3. The van der Waals surface area contributed by atoms with Crippen molar-refractivity contribution >= 4 is 46.6 Å². The average Bonchev–Trinajstić information content (AvgIpc) is 3.30. The molecule has 3 amide bonds. The van der Waals surface area contributed by atoms with Crippen molar-refractivity contribution in [2.24, 2.45) is 0 Å². The Balaban J connectivity index is 2.01. The second kappa shape index (κ2) is 12.7. The number of halogens is 1. The zero-order valence-electron chi connectivity index (χ0n) is 22.7. The van der Waals surface area contributed by atoms with E-state index in [0.717, 1.165) is 0 Å². The molecule has 206 valence electrons. The molecule has 1 atom stereocenters. The molecule has 0 saturated carbocycles. The number of rotatable bonds is 11. The summed E-state index contributed by atoms with van der Waals surface area (Å²) in [6.45, 7) is 8.86. The predicted octanol–water partition coefficient (Wildman–Crippen LogP) is 5.64. The van der Waals surface area contributed by atoms with E-state index in [9.17, 15) is 19.2 Å². The normalized spacial score (nSPS) is 11.9. The van der Waals surface area contributed by atoms with Gasteiger partial charge < -0.3 is 15.2 Å². The van der Waals surface area contributed by atoms with E-state index in [2.05, 4.69) is 15.8 Å². The summed E-state index contributed by atoms with van der Waals surface area (Å²) in [6, 6.07) is 13.6. The number of aromatic nitrogens is 1. The van der Waals surface area contributed by atoms with Crippen LogP contribution in [0.25, 0.3) is 0 Å². The predicted molar refractivity (Wildman–Crippen MR) is 150 cm³/mol. The minimum atomic E-state index is -1.14. The van der Waals surface area contributed by atoms with Gasteiger partial charge in [0.2, 0.25) is 17.7 Å². The van der Waals surface area contributed by atoms with E-state index >= 15 is 0 Å². The van der Waals surface area contributed by atoms with Crippen molar-refractivity contribution in [2.75, 3.05) is 10.2 Å². The van der Waals surface area contributed by atoms with Crippen molar-refractivity contribution < 1.29 is 23.7 Å². The molecule has 39 heavy (non-hydrogen) atoms. The second-order valence-electron chi connectivity index (χ2n) is 9.89. The van der Waals surface area contributed by atoms with Crippen LogP contribution in [0.15, 0.2) is 59.1 Å². The van der Waals surface area contributed by atoms with Crippen molar-refractivity contribution in [1.29, 1.82) is 0 Å². The van der Waals surface area contributed by atoms with E-state index < -0.39 is 29.3 Å². The number of hydrogen-bond donors (Lipinski definition) is 2. The van der Waals surface area contributed by atoms with Crippen LogP contribution >= 0.6 is 11.6 Å². The van der Waals surface area contributed by atoms with Crippen molar-refractivity contribution in [3.63, 3.8) is 0 Å². The lowest BCUT2D eigenvalue weighted by atomic mass is 9.97. The van der Waals surface area contributed by atoms with Gasteiger partial charge in [-0.15, -0.1) is 0 Å². The number of benzene rings is 2. The lowest BCUT2D eigenvalue weighted by Gasteiger charge is -2.35. The molecule has 0 fully saturated rings. The average molecular weight is 553 g/mol. The van der Waals surface area contributed by atoms with Crippen LogP contribution in [0.3, 0.4) is 0 Å². The van der Waals surface area contributed by atoms with Crippen LogP contribution in [0.1, 0.15) is 74.7 Å². The van der Waals surface area contributed by atoms with Crippen molar-refractivity contribution in [3.05, 3.63) is 76.5 Å². The number of carbonyl (C=O) groups excluding carboxylic acids is 4. The van der Waals surface area contributed by atoms with Gasteiger partial charge in [-0.3, -0.25) is 24.1 Å². The molecule has 0 aliphatic rings. The summed E-state index contributed by atoms with van der Waals surface area (Å²) in [5.41, 5.74) is 0.709. The molecule has 9 nitrogen and oxygen atoms in total. The minimum Gasteiger partial charge on any atom is -0.360 e. The summed E-state index contributed by atoms with van der Waals surface area (Å²) in [6.07, 6.45) is 0.281. The number of carbonyl (C=O) groups is 4. The molecule has 1 heterocycles. The Hall–Kier alpha value is -3.98. The van der Waals surface area contributed by atoms with E-state index in [1.165, 1.54) is 11.8 Å². The van der Waals surface area contributed by atoms with E-state index in [0.29, 0.717) is 34.0 Å². The summed E-state index contributed by atoms with van der Waals surface area (Å²) in [4.78, 5) is 53.4. The maximum Gasteiger partial charge on any atom is 0.248 e. The molecule has 0 radical (unpaired) electrons. The van der Waals surface area contributed by atoms with Gasteiger partial charge in [-0.2, -0.15) is 0 Å². The first-order valence-corrected chi connectivity index (χ1v) is 13.0. The van der Waals surface area contributed by atoms with Crippen LogP contribution in [-0.2, 0) is 14.4 Å². The van der Waals surface area contributed by atoms with Crippen LogP contribution in [0.4, 0.5) is 11.5 Å². The van der Waals surface area contributed by atoms with E-state index in [1.54, 1.807) is 61.5 Å². The van der Waals surface area contributed by atoms with E-state index in [4.69, 9.17) is 16.1 Å². The first kappa shape index (κ1) is 29.6. The SMILES string of the molecule is CCC(C)(C)NC(=O)[C@H](c1ccccc1Cl)N(C(=O)CCC(=O)Nc1cc(C)on1)c1ccc(C(C)=O)cc1. The molecule has 1 aromatic heterocycles. The summed E-state index contributed by atoms with van der Waals surface area (Å²) >= 11 is 6.55. The summed E-state index contributed by atoms with van der Waals surface area (Å²) in [5, 5.41) is 9.66. The van der Waals surface area contributed by atoms with Gasteiger partial charge in [0.25, 0.3) is 0 Å². The van der Waals surface area contributed by atoms with Gasteiger partial charge >= 0.3 is 0 Å². The molecule has 0 aliphatic carbocycles. The fourth-order valence-corrected chi connectivity index (χ4v) is 4.09. The molecular weight excluding hydrogens is 520 g/mol. The van der Waals surface area contributed by atoms with Gasteiger partial charge in [-0.1, -0.05) is 41.9 Å². The monoisotopic (exact) mass is 552 g/mol. The first-order chi connectivity index (χ1) is 18.4. The Morgan fingerprint density at radius 2 is 1.72 bits per heavy atom. The van der Waals surface area contributed by atoms with Crippen LogP contribution in [0, 0.1) is 6.92 Å². The number of hydrogen-bond acceptors (Lipinski definition) is 6. The highest BCUT2D eigenvalue weighted by Gasteiger charge is 2.36. The Morgan fingerprint density at radius 3 is 2.28 bits per heavy atom. The highest BCUT2D eigenvalue weighted by atomic mass is 35.5. The van der Waals surface area contributed by atoms with Gasteiger partial charge in [0, 0.05) is 46.3 Å². The maximum atomic E-state index is 13.8. The molecule has 3 aromatic rings. The molecule has 3 rings (SSSR count). The molecule has 2 N–H and O–H groups in total. The largest absolute Gasteiger partial charge is 0.360 e. The molecule has 0 spiro atoms. The number of aryl methyl sites for hydroxylation is 1. The van der Waals surface area contributed by atoms with Gasteiger partial charge in [-0.05, 0) is 64.4 Å². The van der Waals surface area contributed by atoms with Crippen LogP contribution in [-0.4, -0.2) is 34.2 Å². The third-order valence-electron chi connectivity index (χ3n) is 6.33. The maximum absolute atomic E-state index is 13.8. The smallest absolute Gasteiger partial charge is 0.248 e. The lowest BCUT2D eigenvalue weighted by molar-refractivity contribution is -0.128. The molecular formula is C29H33ClN4O5. The molecule has 0 unspecified atom stereocenters. The highest BCUT2D eigenvalue weighted by Crippen LogP contribution is 2.33. The zero-order chi connectivity index (χ0) is 28.7. The fourth-order valence-electron chi connectivity index (χ4n) is 3.85. The third-order valence-corrected chi connectivity index (χ3v) is 6.68. The van der Waals surface area contributed by atoms with E-state index in [-0.39, 0.29) is 24.4 Å². The molecule has 0 bridgehead atoms. The lowest BCUT2D eigenvalue weighted by Crippen LogP contribution is -2.50. The Bertz CT molecular complexity index is 1350. The van der Waals surface area contributed by atoms with E-state index in [1.807, 2.05) is 20.8 Å². The minimum absolute atomic E-state index is 0.135. The number of amides is 3. The first-order valence-electron chi connectivity index (χ1n) is 12.6. The topological polar surface area (TPSA) is 122 Å². The number of Topliss-reactive ketones (excluding diaryl/α,β-unsaturated/α-hetero) is 1. The van der Waals surface area contributed by atoms with Crippen LogP contribution in [0.5, 0.6) is 0 Å². The van der Waals surface area contributed by atoms with Crippen LogP contribution in [0.2, 0.25) is 5.02 Å². The summed E-state index contributed by atoms with van der Waals surface area (Å²) in [5.74, 6) is -0.700. The van der Waals surface area contributed by atoms with Gasteiger partial charge in [0.05, 0.1) is 0 Å². The van der Waals surface area contributed by atoms with Crippen molar-refractivity contribution in [1.82, 2.24) is 10.5 Å². The highest BCUT2D eigenvalue weighted by molar-refractivity contribution is 6.31. The Morgan fingerprint density at radius 1 is 1.05 bits per heavy atom. The molecule has 0 aliphatic heterocycles. The zero-order valence-corrected chi connectivity index (χ0v) is 23.5. The third kappa shape index (κ3) is 7.77. The van der Waals surface area contributed by atoms with Crippen molar-refractivity contribution in [2.45, 2.75) is 65.5 Å². The van der Waals surface area contributed by atoms with Gasteiger partial charge in [0.1, 0.15) is 11.8 Å². The molecule has 10 heteroatoms. The Labute approximate surface area is 232 Å². The number of ketones is 1. The fraction of sp³-hybridized carbons (Fsp3) is 0.345. The molecule has 2 aromatic carbocycles. The number of nitrogens with one attached hydrogen (secondary N) is 2. The Kier molecular flexibility index (Phi) is 9.64. The number of anilines is 2. The summed E-state index contributed by atoms with van der Waals surface area (Å²) < 4.78 is 4.96. The quantitative estimate of drug-likeness (QED) is 0.297. The summed E-state index contributed by atoms with van der Waals surface area (Å²) in [7, 11) is 0. The van der Waals surface area contributed by atoms with Gasteiger partial charge in [0.15, 0.2) is 11.6 Å². The van der Waals surface area contributed by atoms with Crippen LogP contribution < -0.4 is 15.5 Å². The molecule has 0 saturated heterocycles. The van der Waals surface area contributed by atoms with Crippen molar-refractivity contribution in [3.8, 4) is 0 Å².